The average Bonchev–Trinajstić information content (AvgIpc) is 2.67. The fourth-order valence-electron chi connectivity index (χ4n) is 2.97. The van der Waals surface area contributed by atoms with E-state index in [1.807, 2.05) is 61.5 Å². The van der Waals surface area contributed by atoms with Gasteiger partial charge in [0.25, 0.3) is 5.56 Å². The Labute approximate surface area is 164 Å². The number of aromatic nitrogens is 2. The van der Waals surface area contributed by atoms with Gasteiger partial charge in [-0.05, 0) is 56.4 Å². The number of hydrogen-bond acceptors (Lipinski definition) is 3. The van der Waals surface area contributed by atoms with Crippen LogP contribution in [0.4, 0.5) is 4.39 Å². The highest BCUT2D eigenvalue weighted by molar-refractivity contribution is 5.60. The zero-order chi connectivity index (χ0) is 20.1. The lowest BCUT2D eigenvalue weighted by Gasteiger charge is -2.13. The largest absolute Gasteiger partial charge is 0.305 e. The molecule has 144 valence electrons. The minimum Gasteiger partial charge on any atom is -0.305 e. The summed E-state index contributed by atoms with van der Waals surface area (Å²) in [6.45, 7) is 2.59. The molecule has 3 rings (SSSR count). The first-order valence-corrected chi connectivity index (χ1v) is 9.18. The van der Waals surface area contributed by atoms with Gasteiger partial charge >= 0.3 is 0 Å². The van der Waals surface area contributed by atoms with E-state index in [-0.39, 0.29) is 11.4 Å². The van der Waals surface area contributed by atoms with Gasteiger partial charge in [-0.15, -0.1) is 0 Å². The number of benzene rings is 2. The fraction of sp³-hybridized carbons (Fsp3) is 0.217. The number of hydrogen-bond donors (Lipinski definition) is 0. The van der Waals surface area contributed by atoms with E-state index in [0.717, 1.165) is 11.1 Å². The normalized spacial score (nSPS) is 11.5. The van der Waals surface area contributed by atoms with Crippen LogP contribution in [0.25, 0.3) is 17.3 Å². The average molecular weight is 377 g/mol. The van der Waals surface area contributed by atoms with E-state index in [1.54, 1.807) is 25.1 Å². The van der Waals surface area contributed by atoms with Crippen LogP contribution in [0.15, 0.2) is 65.5 Å². The molecule has 0 radical (unpaired) electrons. The van der Waals surface area contributed by atoms with Crippen molar-refractivity contribution in [2.75, 3.05) is 14.1 Å². The fourth-order valence-corrected chi connectivity index (χ4v) is 2.97. The smallest absolute Gasteiger partial charge is 0.271 e. The minimum atomic E-state index is -0.253. The van der Waals surface area contributed by atoms with Crippen molar-refractivity contribution in [3.63, 3.8) is 0 Å². The molecule has 28 heavy (non-hydrogen) atoms. The van der Waals surface area contributed by atoms with Crippen molar-refractivity contribution in [1.29, 1.82) is 0 Å². The molecule has 0 saturated carbocycles. The second-order valence-corrected chi connectivity index (χ2v) is 7.06. The maximum absolute atomic E-state index is 13.6. The number of nitrogens with zero attached hydrogens (tertiary/aromatic N) is 3. The van der Waals surface area contributed by atoms with Crippen LogP contribution in [-0.4, -0.2) is 28.8 Å². The summed E-state index contributed by atoms with van der Waals surface area (Å²) in [5.41, 5.74) is 3.61. The maximum Gasteiger partial charge on any atom is 0.271 e. The second-order valence-electron chi connectivity index (χ2n) is 7.06. The molecule has 5 heteroatoms. The molecule has 0 aliphatic heterocycles. The molecule has 0 unspecified atom stereocenters. The predicted molar refractivity (Wildman–Crippen MR) is 111 cm³/mol. The van der Waals surface area contributed by atoms with Gasteiger partial charge in [0.2, 0.25) is 0 Å². The maximum atomic E-state index is 13.6. The van der Waals surface area contributed by atoms with E-state index in [1.165, 1.54) is 10.7 Å². The van der Waals surface area contributed by atoms with Crippen LogP contribution in [0.1, 0.15) is 16.7 Å². The SMILES string of the molecule is Cc1cc(-c2cc(CN(C)C)c(=O)n(CC=Cc3ccccc3)n2)ccc1F. The van der Waals surface area contributed by atoms with Gasteiger partial charge in [0.15, 0.2) is 0 Å². The first kappa shape index (κ1) is 19.7. The third-order valence-corrected chi connectivity index (χ3v) is 4.38. The summed E-state index contributed by atoms with van der Waals surface area (Å²) in [6, 6.07) is 16.6. The first-order chi connectivity index (χ1) is 13.4. The molecule has 0 spiro atoms. The molecule has 1 heterocycles. The Bertz CT molecular complexity index is 1040. The van der Waals surface area contributed by atoms with Crippen molar-refractivity contribution in [3.05, 3.63) is 93.5 Å². The van der Waals surface area contributed by atoms with E-state index in [4.69, 9.17) is 0 Å². The van der Waals surface area contributed by atoms with Crippen LogP contribution < -0.4 is 5.56 Å². The number of rotatable bonds is 6. The molecule has 0 aliphatic rings. The zero-order valence-corrected chi connectivity index (χ0v) is 16.4. The van der Waals surface area contributed by atoms with Crippen LogP contribution in [0.5, 0.6) is 0 Å². The van der Waals surface area contributed by atoms with Crippen molar-refractivity contribution in [2.45, 2.75) is 20.0 Å². The molecule has 0 atom stereocenters. The molecule has 0 saturated heterocycles. The lowest BCUT2D eigenvalue weighted by Crippen LogP contribution is -2.29. The monoisotopic (exact) mass is 377 g/mol. The molecule has 0 amide bonds. The molecule has 0 N–H and O–H groups in total. The second kappa shape index (κ2) is 8.76. The molecule has 2 aromatic carbocycles. The first-order valence-electron chi connectivity index (χ1n) is 9.18. The van der Waals surface area contributed by atoms with Crippen LogP contribution in [0.2, 0.25) is 0 Å². The molecular formula is C23H24FN3O. The van der Waals surface area contributed by atoms with E-state index in [2.05, 4.69) is 5.10 Å². The summed E-state index contributed by atoms with van der Waals surface area (Å²) in [5, 5.41) is 4.52. The Morgan fingerprint density at radius 2 is 1.86 bits per heavy atom. The van der Waals surface area contributed by atoms with Gasteiger partial charge in [-0.1, -0.05) is 42.5 Å². The third kappa shape index (κ3) is 4.81. The Kier molecular flexibility index (Phi) is 6.16. The topological polar surface area (TPSA) is 38.1 Å². The quantitative estimate of drug-likeness (QED) is 0.648. The standard InChI is InChI=1S/C23H24FN3O/c1-17-14-19(11-12-21(17)24)22-15-20(16-26(2)3)23(28)27(25-22)13-7-10-18-8-5-4-6-9-18/h4-12,14-15H,13,16H2,1-3H3. The summed E-state index contributed by atoms with van der Waals surface area (Å²) in [6.07, 6.45) is 3.89. The molecule has 0 fully saturated rings. The van der Waals surface area contributed by atoms with E-state index in [9.17, 15) is 9.18 Å². The van der Waals surface area contributed by atoms with Crippen LogP contribution >= 0.6 is 0 Å². The Hall–Kier alpha value is -3.05. The van der Waals surface area contributed by atoms with Crippen LogP contribution in [-0.2, 0) is 13.1 Å². The molecule has 0 bridgehead atoms. The van der Waals surface area contributed by atoms with E-state index >= 15 is 0 Å². The van der Waals surface area contributed by atoms with Gasteiger partial charge in [-0.2, -0.15) is 5.10 Å². The number of aryl methyl sites for hydroxylation is 1. The van der Waals surface area contributed by atoms with E-state index < -0.39 is 0 Å². The van der Waals surface area contributed by atoms with Gasteiger partial charge in [-0.25, -0.2) is 9.07 Å². The summed E-state index contributed by atoms with van der Waals surface area (Å²) < 4.78 is 15.1. The van der Waals surface area contributed by atoms with Crippen molar-refractivity contribution >= 4 is 6.08 Å². The molecular weight excluding hydrogens is 353 g/mol. The molecule has 3 aromatic rings. The van der Waals surface area contributed by atoms with Crippen molar-refractivity contribution < 1.29 is 4.39 Å². The third-order valence-electron chi connectivity index (χ3n) is 4.38. The zero-order valence-electron chi connectivity index (χ0n) is 16.4. The minimum absolute atomic E-state index is 0.117. The van der Waals surface area contributed by atoms with Crippen LogP contribution in [0, 0.1) is 12.7 Å². The summed E-state index contributed by atoms with van der Waals surface area (Å²) >= 11 is 0. The van der Waals surface area contributed by atoms with Gasteiger partial charge in [0.05, 0.1) is 12.2 Å². The number of halogens is 1. The summed E-state index contributed by atoms with van der Waals surface area (Å²) in [5.74, 6) is -0.253. The van der Waals surface area contributed by atoms with Gasteiger partial charge < -0.3 is 4.90 Å². The van der Waals surface area contributed by atoms with Gasteiger partial charge in [0, 0.05) is 17.7 Å². The van der Waals surface area contributed by atoms with Crippen molar-refractivity contribution in [1.82, 2.24) is 14.7 Å². The molecule has 4 nitrogen and oxygen atoms in total. The highest BCUT2D eigenvalue weighted by Crippen LogP contribution is 2.20. The summed E-state index contributed by atoms with van der Waals surface area (Å²) in [4.78, 5) is 14.8. The number of allylic oxidation sites excluding steroid dienone is 1. The predicted octanol–water partition coefficient (Wildman–Crippen LogP) is 4.13. The van der Waals surface area contributed by atoms with Gasteiger partial charge in [0.1, 0.15) is 5.82 Å². The van der Waals surface area contributed by atoms with Gasteiger partial charge in [-0.3, -0.25) is 4.79 Å². The highest BCUT2D eigenvalue weighted by atomic mass is 19.1. The Morgan fingerprint density at radius 3 is 2.54 bits per heavy atom. The molecule has 0 aliphatic carbocycles. The van der Waals surface area contributed by atoms with Crippen LogP contribution in [0.3, 0.4) is 0 Å². The lowest BCUT2D eigenvalue weighted by molar-refractivity contribution is 0.397. The highest BCUT2D eigenvalue weighted by Gasteiger charge is 2.11. The van der Waals surface area contributed by atoms with Crippen molar-refractivity contribution in [3.8, 4) is 11.3 Å². The molecule has 1 aromatic heterocycles. The lowest BCUT2D eigenvalue weighted by atomic mass is 10.1. The van der Waals surface area contributed by atoms with Crippen molar-refractivity contribution in [2.24, 2.45) is 0 Å². The Balaban J connectivity index is 1.99. The Morgan fingerprint density at radius 1 is 1.11 bits per heavy atom. The summed E-state index contributed by atoms with van der Waals surface area (Å²) in [7, 11) is 3.84. The van der Waals surface area contributed by atoms with E-state index in [0.29, 0.717) is 29.9 Å².